The summed E-state index contributed by atoms with van der Waals surface area (Å²) in [7, 11) is -1.51. The fourth-order valence-electron chi connectivity index (χ4n) is 0.583. The van der Waals surface area contributed by atoms with Crippen LogP contribution in [0.25, 0.3) is 0 Å². The molecule has 0 saturated heterocycles. The summed E-state index contributed by atoms with van der Waals surface area (Å²) in [6.07, 6.45) is 0. The van der Waals surface area contributed by atoms with Crippen LogP contribution in [0.15, 0.2) is 0 Å². The van der Waals surface area contributed by atoms with Crippen LogP contribution in [-0.2, 0) is 16.5 Å². The molecule has 0 radical (unpaired) electrons. The Morgan fingerprint density at radius 3 is 1.75 bits per heavy atom. The first-order chi connectivity index (χ1) is 5.81. The largest absolute Gasteiger partial charge is 0.449 e. The molecular weight excluding hydrogens is 261 g/mol. The van der Waals surface area contributed by atoms with Crippen molar-refractivity contribution in [3.63, 3.8) is 0 Å². The van der Waals surface area contributed by atoms with Crippen molar-refractivity contribution in [1.82, 2.24) is 0 Å². The highest BCUT2D eigenvalue weighted by molar-refractivity contribution is 6.57. The zero-order valence-electron chi connectivity index (χ0n) is 7.49. The lowest BCUT2D eigenvalue weighted by molar-refractivity contribution is 0.292. The quantitative estimate of drug-likeness (QED) is 0.353. The van der Waals surface area contributed by atoms with Gasteiger partial charge < -0.3 is 21.6 Å². The Bertz CT molecular complexity index is 82.0. The van der Waals surface area contributed by atoms with Crippen LogP contribution >= 0.6 is 0 Å². The molecule has 1 N–H and O–H groups in total. The van der Waals surface area contributed by atoms with Gasteiger partial charge >= 0.3 is 0 Å². The van der Waals surface area contributed by atoms with Gasteiger partial charge in [-0.05, 0) is 0 Å². The number of aliphatic hydroxyl groups is 1. The van der Waals surface area contributed by atoms with Crippen molar-refractivity contribution in [2.75, 3.05) is 0 Å². The van der Waals surface area contributed by atoms with E-state index in [1.165, 1.54) is 0 Å². The molecule has 0 aromatic heterocycles. The van der Waals surface area contributed by atoms with E-state index in [9.17, 15) is 5.11 Å². The molecule has 0 aliphatic rings. The van der Waals surface area contributed by atoms with Gasteiger partial charge in [0.05, 0.1) is 5.35 Å². The molecule has 0 spiro atoms. The molecule has 0 fully saturated rings. The molecule has 0 atom stereocenters. The summed E-state index contributed by atoms with van der Waals surface area (Å²) in [6, 6.07) is 0. The van der Waals surface area contributed by atoms with Gasteiger partial charge in [0.15, 0.2) is 19.5 Å². The van der Waals surface area contributed by atoms with Crippen molar-refractivity contribution in [2.24, 2.45) is 0 Å². The molecule has 12 heavy (non-hydrogen) atoms. The fourth-order valence-corrected chi connectivity index (χ4v) is 11.2. The molecule has 0 aromatic rings. The van der Waals surface area contributed by atoms with Gasteiger partial charge in [0, 0.05) is 0 Å². The molecule has 0 rings (SSSR count). The van der Waals surface area contributed by atoms with E-state index in [4.69, 9.17) is 16.5 Å². The van der Waals surface area contributed by atoms with Gasteiger partial charge in [-0.1, -0.05) is 0 Å². The van der Waals surface area contributed by atoms with E-state index in [0.717, 1.165) is 21.0 Å². The topological polar surface area (TPSA) is 57.2 Å². The second kappa shape index (κ2) is 10.2. The van der Waals surface area contributed by atoms with Gasteiger partial charge in [0.25, 0.3) is 20.0 Å². The summed E-state index contributed by atoms with van der Waals surface area (Å²) >= 11 is 0. The van der Waals surface area contributed by atoms with Crippen LogP contribution in [0, 0.1) is 0 Å². The molecule has 5 nitrogen and oxygen atoms in total. The third-order valence-electron chi connectivity index (χ3n) is 1.02. The average molecular weight is 277 g/mol. The Kier molecular flexibility index (Phi) is 11.1. The molecule has 11 heteroatoms. The molecule has 0 aliphatic heterocycles. The Morgan fingerprint density at radius 2 is 1.42 bits per heavy atom. The molecule has 74 valence electrons. The van der Waals surface area contributed by atoms with Gasteiger partial charge in [-0.25, -0.2) is 0 Å². The van der Waals surface area contributed by atoms with E-state index in [-0.39, 0.29) is 5.35 Å². The highest BCUT2D eigenvalue weighted by Crippen LogP contribution is 1.80. The first-order valence-corrected chi connectivity index (χ1v) is 10.4. The smallest absolute Gasteiger partial charge is 0.282 e. The van der Waals surface area contributed by atoms with Crippen LogP contribution in [0.1, 0.15) is 0 Å². The van der Waals surface area contributed by atoms with E-state index < -0.39 is 39.5 Å². The predicted molar refractivity (Wildman–Crippen MR) is 64.4 cm³/mol. The average Bonchev–Trinajstić information content (AvgIpc) is 2.06. The molecule has 0 aromatic carbocycles. The van der Waals surface area contributed by atoms with Gasteiger partial charge in [0.2, 0.25) is 0 Å². The maximum atomic E-state index is 9.33. The fraction of sp³-hybridized carbons (Fsp3) is 1.00. The van der Waals surface area contributed by atoms with Crippen LogP contribution < -0.4 is 0 Å². The minimum Gasteiger partial charge on any atom is -0.449 e. The Morgan fingerprint density at radius 1 is 1.00 bits per heavy atom. The maximum absolute atomic E-state index is 9.33. The van der Waals surface area contributed by atoms with Crippen LogP contribution in [0.3, 0.4) is 0 Å². The summed E-state index contributed by atoms with van der Waals surface area (Å²) in [4.78, 5) is 0. The third kappa shape index (κ3) is 9.19. The van der Waals surface area contributed by atoms with Crippen LogP contribution in [0.5, 0.6) is 0 Å². The first-order valence-electron chi connectivity index (χ1n) is 3.62. The highest BCUT2D eigenvalue weighted by atomic mass is 28.4. The molecule has 0 amide bonds. The molecule has 0 unspecified atom stereocenters. The van der Waals surface area contributed by atoms with Gasteiger partial charge in [-0.3, -0.25) is 0 Å². The van der Waals surface area contributed by atoms with E-state index in [0.29, 0.717) is 0 Å². The van der Waals surface area contributed by atoms with Gasteiger partial charge in [0.1, 0.15) is 21.0 Å². The number of aliphatic hydroxyl groups excluding tert-OH is 1. The second-order valence-electron chi connectivity index (χ2n) is 2.21. The van der Waals surface area contributed by atoms with Crippen LogP contribution in [0.4, 0.5) is 0 Å². The number of hydrogen-bond acceptors (Lipinski definition) is 5. The lowest BCUT2D eigenvalue weighted by Gasteiger charge is -2.09. The van der Waals surface area contributed by atoms with Crippen LogP contribution in [-0.4, -0.2) is 71.0 Å². The monoisotopic (exact) mass is 276 g/mol. The van der Waals surface area contributed by atoms with Crippen molar-refractivity contribution in [3.05, 3.63) is 0 Å². The summed E-state index contributed by atoms with van der Waals surface area (Å²) in [5.41, 5.74) is 0. The highest BCUT2D eigenvalue weighted by Gasteiger charge is 2.05. The van der Waals surface area contributed by atoms with Crippen molar-refractivity contribution in [2.45, 2.75) is 5.35 Å². The lowest BCUT2D eigenvalue weighted by Crippen LogP contribution is -2.30. The zero-order chi connectivity index (χ0) is 9.23. The second-order valence-corrected chi connectivity index (χ2v) is 14.3. The Hall–Kier alpha value is 1.10. The van der Waals surface area contributed by atoms with E-state index in [1.54, 1.807) is 0 Å². The molecular formula is CH16O5Si6. The van der Waals surface area contributed by atoms with Crippen molar-refractivity contribution in [1.29, 1.82) is 0 Å². The van der Waals surface area contributed by atoms with E-state index in [2.05, 4.69) is 0 Å². The van der Waals surface area contributed by atoms with Crippen molar-refractivity contribution >= 4 is 60.5 Å². The van der Waals surface area contributed by atoms with Gasteiger partial charge in [-0.2, -0.15) is 0 Å². The zero-order valence-corrected chi connectivity index (χ0v) is 17.1. The van der Waals surface area contributed by atoms with E-state index in [1.807, 2.05) is 0 Å². The first kappa shape index (κ1) is 13.1. The lowest BCUT2D eigenvalue weighted by atomic mass is 11.7. The van der Waals surface area contributed by atoms with E-state index >= 15 is 0 Å². The Labute approximate surface area is 87.6 Å². The van der Waals surface area contributed by atoms with Crippen molar-refractivity contribution < 1.29 is 21.6 Å². The third-order valence-corrected chi connectivity index (χ3v) is 8.31. The van der Waals surface area contributed by atoms with Gasteiger partial charge in [-0.15, -0.1) is 0 Å². The predicted octanol–water partition coefficient (Wildman–Crippen LogP) is -6.95. The summed E-state index contributed by atoms with van der Waals surface area (Å²) < 4.78 is 20.4. The molecule has 0 aliphatic carbocycles. The maximum Gasteiger partial charge on any atom is 0.282 e. The summed E-state index contributed by atoms with van der Waals surface area (Å²) in [6.45, 7) is 0. The summed E-state index contributed by atoms with van der Waals surface area (Å²) in [5.74, 6) is 0. The number of rotatable bonds is 8. The standard InChI is InChI=1S/CH16O5Si6/c2-1(9-5-11-3-7)10-6-12-4-8/h1-2H,9-12H2,7-8H3. The summed E-state index contributed by atoms with van der Waals surface area (Å²) in [5, 5.41) is 9.08. The molecule has 0 bridgehead atoms. The minimum atomic E-state index is -0.774. The number of hydrogen-bond donors (Lipinski definition) is 1. The SMILES string of the molecule is OC([SiH2]O[SiH2]O[SiH3])[SiH2]O[SiH2]O[SiH3]. The normalized spacial score (nSPS) is 17.8. The Balaban J connectivity index is 3.04. The van der Waals surface area contributed by atoms with Crippen molar-refractivity contribution in [3.8, 4) is 0 Å². The van der Waals surface area contributed by atoms with Crippen LogP contribution in [0.2, 0.25) is 0 Å². The molecule has 0 saturated carbocycles. The molecule has 0 heterocycles. The minimum absolute atomic E-state index is 0.251.